The van der Waals surface area contributed by atoms with E-state index < -0.39 is 0 Å². The highest BCUT2D eigenvalue weighted by atomic mass is 16.1. The second-order valence-corrected chi connectivity index (χ2v) is 5.14. The Hall–Kier alpha value is -2.28. The molecule has 2 N–H and O–H groups in total. The zero-order chi connectivity index (χ0) is 14.5. The van der Waals surface area contributed by atoms with Crippen molar-refractivity contribution in [1.82, 2.24) is 30.8 Å². The van der Waals surface area contributed by atoms with Crippen molar-refractivity contribution in [2.75, 3.05) is 13.1 Å². The third kappa shape index (κ3) is 3.43. The molecule has 1 unspecified atom stereocenters. The fourth-order valence-electron chi connectivity index (χ4n) is 2.51. The van der Waals surface area contributed by atoms with Crippen LogP contribution in [-0.4, -0.2) is 45.2 Å². The summed E-state index contributed by atoms with van der Waals surface area (Å²) < 4.78 is 1.55. The number of nitrogens with one attached hydrogen (secondary N) is 2. The molecule has 2 heterocycles. The Morgan fingerprint density at radius 2 is 2.24 bits per heavy atom. The van der Waals surface area contributed by atoms with Crippen LogP contribution < -0.4 is 10.6 Å². The van der Waals surface area contributed by atoms with Crippen LogP contribution >= 0.6 is 0 Å². The molecule has 3 rings (SSSR count). The number of amides is 1. The first-order valence-corrected chi connectivity index (χ1v) is 7.18. The van der Waals surface area contributed by atoms with Crippen LogP contribution in [0.1, 0.15) is 29.6 Å². The second-order valence-electron chi connectivity index (χ2n) is 5.14. The fraction of sp³-hybridized carbons (Fsp3) is 0.429. The molecule has 21 heavy (non-hydrogen) atoms. The van der Waals surface area contributed by atoms with Crippen molar-refractivity contribution in [1.29, 1.82) is 0 Å². The van der Waals surface area contributed by atoms with Gasteiger partial charge in [0.15, 0.2) is 0 Å². The monoisotopic (exact) mass is 286 g/mol. The molecule has 0 radical (unpaired) electrons. The Morgan fingerprint density at radius 1 is 1.38 bits per heavy atom. The minimum Gasteiger partial charge on any atom is -0.352 e. The van der Waals surface area contributed by atoms with Crippen LogP contribution in [0.15, 0.2) is 30.6 Å². The van der Waals surface area contributed by atoms with Crippen molar-refractivity contribution in [3.8, 4) is 5.69 Å². The average Bonchev–Trinajstić information content (AvgIpc) is 3.21. The Balaban J connectivity index is 1.52. The van der Waals surface area contributed by atoms with Crippen LogP contribution in [0.4, 0.5) is 0 Å². The molecule has 1 aliphatic rings. The first kappa shape index (κ1) is 13.7. The van der Waals surface area contributed by atoms with E-state index in [4.69, 9.17) is 0 Å². The van der Waals surface area contributed by atoms with Gasteiger partial charge in [-0.15, -0.1) is 5.10 Å². The number of carbonyl (C=O) groups excluding carboxylic acids is 1. The largest absolute Gasteiger partial charge is 0.352 e. The van der Waals surface area contributed by atoms with Crippen LogP contribution in [0, 0.1) is 0 Å². The molecule has 1 aliphatic heterocycles. The van der Waals surface area contributed by atoms with Crippen LogP contribution in [0.5, 0.6) is 0 Å². The van der Waals surface area contributed by atoms with Gasteiger partial charge < -0.3 is 10.6 Å². The molecule has 7 heteroatoms. The first-order valence-electron chi connectivity index (χ1n) is 7.18. The molecule has 1 amide bonds. The summed E-state index contributed by atoms with van der Waals surface area (Å²) in [6, 6.07) is 7.75. The van der Waals surface area contributed by atoms with Gasteiger partial charge >= 0.3 is 0 Å². The molecular formula is C14H18N6O. The third-order valence-electron chi connectivity index (χ3n) is 3.68. The highest BCUT2D eigenvalue weighted by Crippen LogP contribution is 2.09. The van der Waals surface area contributed by atoms with Gasteiger partial charge in [0.25, 0.3) is 5.91 Å². The highest BCUT2D eigenvalue weighted by Gasteiger charge is 2.14. The SMILES string of the molecule is O=C(NCCC1CCCN1)c1ccc(-n2cnnn2)cc1. The summed E-state index contributed by atoms with van der Waals surface area (Å²) in [4.78, 5) is 12.0. The summed E-state index contributed by atoms with van der Waals surface area (Å²) in [6.45, 7) is 1.79. The number of hydrogen-bond acceptors (Lipinski definition) is 5. The molecule has 1 fully saturated rings. The van der Waals surface area contributed by atoms with Crippen LogP contribution in [0.3, 0.4) is 0 Å². The van der Waals surface area contributed by atoms with Crippen molar-refractivity contribution in [2.45, 2.75) is 25.3 Å². The summed E-state index contributed by atoms with van der Waals surface area (Å²) in [5.41, 5.74) is 1.47. The molecule has 0 bridgehead atoms. The molecule has 2 aromatic rings. The maximum absolute atomic E-state index is 12.0. The van der Waals surface area contributed by atoms with Gasteiger partial charge in [-0.25, -0.2) is 4.68 Å². The number of benzene rings is 1. The van der Waals surface area contributed by atoms with E-state index in [1.54, 1.807) is 16.8 Å². The van der Waals surface area contributed by atoms with Gasteiger partial charge in [0.2, 0.25) is 0 Å². The standard InChI is InChI=1S/C14H18N6O/c21-14(16-9-7-12-2-1-8-15-12)11-3-5-13(6-4-11)20-10-17-18-19-20/h3-6,10,12,15H,1-2,7-9H2,(H,16,21). The second kappa shape index (κ2) is 6.45. The molecular weight excluding hydrogens is 268 g/mol. The summed E-state index contributed by atoms with van der Waals surface area (Å²) in [5.74, 6) is -0.0451. The lowest BCUT2D eigenvalue weighted by atomic mass is 10.1. The van der Waals surface area contributed by atoms with E-state index in [1.165, 1.54) is 19.2 Å². The normalized spacial score (nSPS) is 17.8. The molecule has 1 aromatic heterocycles. The molecule has 0 aliphatic carbocycles. The van der Waals surface area contributed by atoms with Crippen LogP contribution in [0.25, 0.3) is 5.69 Å². The number of tetrazole rings is 1. The number of carbonyl (C=O) groups is 1. The van der Waals surface area contributed by atoms with Crippen molar-refractivity contribution in [2.24, 2.45) is 0 Å². The number of nitrogens with zero attached hydrogens (tertiary/aromatic N) is 4. The number of rotatable bonds is 5. The van der Waals surface area contributed by atoms with E-state index in [0.29, 0.717) is 18.2 Å². The lowest BCUT2D eigenvalue weighted by Gasteiger charge is -2.11. The quantitative estimate of drug-likeness (QED) is 0.837. The molecule has 0 saturated carbocycles. The van der Waals surface area contributed by atoms with Gasteiger partial charge in [-0.3, -0.25) is 4.79 Å². The number of hydrogen-bond donors (Lipinski definition) is 2. The average molecular weight is 286 g/mol. The minimum atomic E-state index is -0.0451. The van der Waals surface area contributed by atoms with E-state index in [2.05, 4.69) is 26.2 Å². The maximum Gasteiger partial charge on any atom is 0.251 e. The molecule has 1 saturated heterocycles. The Morgan fingerprint density at radius 3 is 2.90 bits per heavy atom. The van der Waals surface area contributed by atoms with Gasteiger partial charge in [-0.2, -0.15) is 0 Å². The summed E-state index contributed by atoms with van der Waals surface area (Å²) in [5, 5.41) is 17.3. The van der Waals surface area contributed by atoms with Crippen molar-refractivity contribution in [3.63, 3.8) is 0 Å². The zero-order valence-electron chi connectivity index (χ0n) is 11.7. The Labute approximate surface area is 122 Å². The van der Waals surface area contributed by atoms with Crippen molar-refractivity contribution >= 4 is 5.91 Å². The van der Waals surface area contributed by atoms with E-state index in [-0.39, 0.29) is 5.91 Å². The Kier molecular flexibility index (Phi) is 4.20. The summed E-state index contributed by atoms with van der Waals surface area (Å²) >= 11 is 0. The summed E-state index contributed by atoms with van der Waals surface area (Å²) in [7, 11) is 0. The van der Waals surface area contributed by atoms with Crippen LogP contribution in [-0.2, 0) is 0 Å². The number of aromatic nitrogens is 4. The predicted molar refractivity (Wildman–Crippen MR) is 77.1 cm³/mol. The Bertz CT molecular complexity index is 574. The summed E-state index contributed by atoms with van der Waals surface area (Å²) in [6.07, 6.45) is 4.94. The topological polar surface area (TPSA) is 84.7 Å². The minimum absolute atomic E-state index is 0.0451. The van der Waals surface area contributed by atoms with Crippen LogP contribution in [0.2, 0.25) is 0 Å². The van der Waals surface area contributed by atoms with Crippen molar-refractivity contribution < 1.29 is 4.79 Å². The molecule has 0 spiro atoms. The predicted octanol–water partition coefficient (Wildman–Crippen LogP) is 0.534. The van der Waals surface area contributed by atoms with Gasteiger partial charge in [0, 0.05) is 18.2 Å². The lowest BCUT2D eigenvalue weighted by molar-refractivity contribution is 0.0952. The molecule has 1 atom stereocenters. The third-order valence-corrected chi connectivity index (χ3v) is 3.68. The smallest absolute Gasteiger partial charge is 0.251 e. The van der Waals surface area contributed by atoms with Crippen molar-refractivity contribution in [3.05, 3.63) is 36.2 Å². The van der Waals surface area contributed by atoms with Gasteiger partial charge in [0.1, 0.15) is 6.33 Å². The van der Waals surface area contributed by atoms with Gasteiger partial charge in [-0.05, 0) is 60.5 Å². The van der Waals surface area contributed by atoms with E-state index in [9.17, 15) is 4.79 Å². The van der Waals surface area contributed by atoms with Gasteiger partial charge in [-0.1, -0.05) is 0 Å². The molecule has 110 valence electrons. The van der Waals surface area contributed by atoms with E-state index in [1.807, 2.05) is 12.1 Å². The fourth-order valence-corrected chi connectivity index (χ4v) is 2.51. The van der Waals surface area contributed by atoms with E-state index in [0.717, 1.165) is 18.7 Å². The molecule has 1 aromatic carbocycles. The zero-order valence-corrected chi connectivity index (χ0v) is 11.7. The highest BCUT2D eigenvalue weighted by molar-refractivity contribution is 5.94. The lowest BCUT2D eigenvalue weighted by Crippen LogP contribution is -2.30. The molecule has 7 nitrogen and oxygen atoms in total. The first-order chi connectivity index (χ1) is 10.3. The maximum atomic E-state index is 12.0. The van der Waals surface area contributed by atoms with E-state index >= 15 is 0 Å². The van der Waals surface area contributed by atoms with Gasteiger partial charge in [0.05, 0.1) is 5.69 Å².